The van der Waals surface area contributed by atoms with Crippen LogP contribution in [0.15, 0.2) is 30.3 Å². The molecule has 1 aromatic carbocycles. The minimum absolute atomic E-state index is 0.0463. The lowest BCUT2D eigenvalue weighted by atomic mass is 10.1. The molecule has 4 rings (SSSR count). The average Bonchev–Trinajstić information content (AvgIpc) is 3.24. The third kappa shape index (κ3) is 4.75. The van der Waals surface area contributed by atoms with Crippen LogP contribution in [0.4, 0.5) is 11.6 Å². The zero-order valence-electron chi connectivity index (χ0n) is 20.3. The van der Waals surface area contributed by atoms with Gasteiger partial charge in [-0.3, -0.25) is 9.48 Å². The van der Waals surface area contributed by atoms with Gasteiger partial charge in [0, 0.05) is 51.4 Å². The monoisotopic (exact) mass is 465 g/mol. The van der Waals surface area contributed by atoms with E-state index in [0.29, 0.717) is 49.1 Å². The molecule has 3 aromatic rings. The van der Waals surface area contributed by atoms with E-state index in [2.05, 4.69) is 25.3 Å². The van der Waals surface area contributed by atoms with Gasteiger partial charge in [0.25, 0.3) is 5.91 Å². The number of nitrogens with one attached hydrogen (secondary N) is 1. The molecule has 0 atom stereocenters. The van der Waals surface area contributed by atoms with Gasteiger partial charge in [-0.15, -0.1) is 0 Å². The number of benzene rings is 1. The van der Waals surface area contributed by atoms with Crippen LogP contribution in [-0.2, 0) is 7.05 Å². The lowest BCUT2D eigenvalue weighted by Gasteiger charge is -2.35. The van der Waals surface area contributed by atoms with Gasteiger partial charge in [0.05, 0.1) is 19.9 Å². The number of hydrogen-bond acceptors (Lipinski definition) is 8. The second-order valence-corrected chi connectivity index (χ2v) is 8.07. The van der Waals surface area contributed by atoms with Crippen molar-refractivity contribution in [3.05, 3.63) is 41.9 Å². The summed E-state index contributed by atoms with van der Waals surface area (Å²) in [6, 6.07) is 9.29. The van der Waals surface area contributed by atoms with Crippen LogP contribution in [-0.4, -0.2) is 77.5 Å². The first-order valence-electron chi connectivity index (χ1n) is 11.3. The Morgan fingerprint density at radius 3 is 2.50 bits per heavy atom. The molecule has 0 radical (unpaired) electrons. The molecule has 0 bridgehead atoms. The van der Waals surface area contributed by atoms with Crippen LogP contribution in [0.5, 0.6) is 11.5 Å². The first-order valence-corrected chi connectivity index (χ1v) is 11.3. The van der Waals surface area contributed by atoms with E-state index < -0.39 is 0 Å². The molecule has 180 valence electrons. The van der Waals surface area contributed by atoms with Gasteiger partial charge < -0.3 is 24.6 Å². The molecule has 34 heavy (non-hydrogen) atoms. The SMILES string of the molecule is CCNc1cc(N2CCN(C(=O)c3cc(-c4cc(OC)ccc4OC)nn3C)CC2)nc(C)n1. The average molecular weight is 466 g/mol. The van der Waals surface area contributed by atoms with Crippen molar-refractivity contribution in [1.29, 1.82) is 0 Å². The Bertz CT molecular complexity index is 1170. The molecule has 0 spiro atoms. The third-order valence-electron chi connectivity index (χ3n) is 5.85. The molecule has 1 saturated heterocycles. The highest BCUT2D eigenvalue weighted by molar-refractivity contribution is 5.94. The van der Waals surface area contributed by atoms with E-state index in [1.807, 2.05) is 49.1 Å². The van der Waals surface area contributed by atoms with Crippen molar-refractivity contribution in [3.8, 4) is 22.8 Å². The van der Waals surface area contributed by atoms with Crippen LogP contribution >= 0.6 is 0 Å². The number of ether oxygens (including phenoxy) is 2. The summed E-state index contributed by atoms with van der Waals surface area (Å²) in [5.41, 5.74) is 1.96. The molecule has 1 aliphatic heterocycles. The van der Waals surface area contributed by atoms with Crippen LogP contribution in [0.1, 0.15) is 23.2 Å². The van der Waals surface area contributed by atoms with Crippen molar-refractivity contribution in [1.82, 2.24) is 24.6 Å². The molecular weight excluding hydrogens is 434 g/mol. The fourth-order valence-electron chi connectivity index (χ4n) is 4.10. The second-order valence-electron chi connectivity index (χ2n) is 8.07. The minimum Gasteiger partial charge on any atom is -0.497 e. The first kappa shape index (κ1) is 23.3. The number of rotatable bonds is 7. The molecule has 10 nitrogen and oxygen atoms in total. The van der Waals surface area contributed by atoms with E-state index in [4.69, 9.17) is 9.47 Å². The number of aryl methyl sites for hydroxylation is 2. The molecule has 3 heterocycles. The van der Waals surface area contributed by atoms with Crippen molar-refractivity contribution in [2.75, 3.05) is 57.2 Å². The van der Waals surface area contributed by atoms with E-state index >= 15 is 0 Å². The van der Waals surface area contributed by atoms with E-state index in [1.54, 1.807) is 25.9 Å². The number of aromatic nitrogens is 4. The van der Waals surface area contributed by atoms with Crippen LogP contribution in [0.3, 0.4) is 0 Å². The molecule has 1 fully saturated rings. The predicted octanol–water partition coefficient (Wildman–Crippen LogP) is 2.60. The Hall–Kier alpha value is -3.82. The topological polar surface area (TPSA) is 97.6 Å². The number of hydrogen-bond donors (Lipinski definition) is 1. The zero-order chi connectivity index (χ0) is 24.2. The summed E-state index contributed by atoms with van der Waals surface area (Å²) >= 11 is 0. The van der Waals surface area contributed by atoms with Crippen molar-refractivity contribution in [2.24, 2.45) is 7.05 Å². The van der Waals surface area contributed by atoms with Crippen LogP contribution in [0, 0.1) is 6.92 Å². The zero-order valence-corrected chi connectivity index (χ0v) is 20.3. The summed E-state index contributed by atoms with van der Waals surface area (Å²) < 4.78 is 12.5. The summed E-state index contributed by atoms with van der Waals surface area (Å²) in [6.45, 7) is 7.32. The quantitative estimate of drug-likeness (QED) is 0.569. The molecule has 1 N–H and O–H groups in total. The Labute approximate surface area is 199 Å². The normalized spacial score (nSPS) is 13.7. The number of carbonyl (C=O) groups excluding carboxylic acids is 1. The lowest BCUT2D eigenvalue weighted by molar-refractivity contribution is 0.0735. The van der Waals surface area contributed by atoms with E-state index in [9.17, 15) is 4.79 Å². The first-order chi connectivity index (χ1) is 16.4. The molecule has 10 heteroatoms. The molecule has 1 aliphatic rings. The molecule has 2 aromatic heterocycles. The molecule has 1 amide bonds. The smallest absolute Gasteiger partial charge is 0.272 e. The fourth-order valence-corrected chi connectivity index (χ4v) is 4.10. The Balaban J connectivity index is 1.49. The lowest BCUT2D eigenvalue weighted by Crippen LogP contribution is -2.49. The number of carbonyl (C=O) groups is 1. The van der Waals surface area contributed by atoms with Gasteiger partial charge in [0.2, 0.25) is 0 Å². The summed E-state index contributed by atoms with van der Waals surface area (Å²) in [6.07, 6.45) is 0. The van der Waals surface area contributed by atoms with Gasteiger partial charge in [-0.05, 0) is 38.1 Å². The predicted molar refractivity (Wildman–Crippen MR) is 131 cm³/mol. The summed E-state index contributed by atoms with van der Waals surface area (Å²) in [5, 5.41) is 7.82. The maximum Gasteiger partial charge on any atom is 0.272 e. The van der Waals surface area contributed by atoms with Gasteiger partial charge in [-0.1, -0.05) is 0 Å². The highest BCUT2D eigenvalue weighted by atomic mass is 16.5. The van der Waals surface area contributed by atoms with Gasteiger partial charge in [0.15, 0.2) is 0 Å². The highest BCUT2D eigenvalue weighted by Gasteiger charge is 2.26. The van der Waals surface area contributed by atoms with E-state index in [-0.39, 0.29) is 5.91 Å². The Kier molecular flexibility index (Phi) is 6.85. The molecule has 0 unspecified atom stereocenters. The van der Waals surface area contributed by atoms with Crippen LogP contribution < -0.4 is 19.7 Å². The third-order valence-corrected chi connectivity index (χ3v) is 5.85. The Morgan fingerprint density at radius 2 is 1.82 bits per heavy atom. The van der Waals surface area contributed by atoms with Gasteiger partial charge >= 0.3 is 0 Å². The van der Waals surface area contributed by atoms with Gasteiger partial charge in [-0.2, -0.15) is 5.10 Å². The van der Waals surface area contributed by atoms with Crippen molar-refractivity contribution < 1.29 is 14.3 Å². The maximum atomic E-state index is 13.3. The van der Waals surface area contributed by atoms with Crippen LogP contribution in [0.2, 0.25) is 0 Å². The van der Waals surface area contributed by atoms with E-state index in [0.717, 1.165) is 29.6 Å². The summed E-state index contributed by atoms with van der Waals surface area (Å²) in [7, 11) is 5.01. The number of nitrogens with zero attached hydrogens (tertiary/aromatic N) is 6. The number of piperazine rings is 1. The number of anilines is 2. The number of amides is 1. The Morgan fingerprint density at radius 1 is 1.06 bits per heavy atom. The standard InChI is InChI=1S/C24H31N7O3/c1-6-25-22-15-23(27-16(2)26-22)30-9-11-31(12-10-30)24(32)20-14-19(28-29(20)3)18-13-17(33-4)7-8-21(18)34-5/h7-8,13-15H,6,9-12H2,1-5H3,(H,25,26,27). The fraction of sp³-hybridized carbons (Fsp3) is 0.417. The summed E-state index contributed by atoms with van der Waals surface area (Å²) in [5.74, 6) is 3.74. The van der Waals surface area contributed by atoms with Crippen molar-refractivity contribution >= 4 is 17.5 Å². The van der Waals surface area contributed by atoms with Gasteiger partial charge in [-0.25, -0.2) is 9.97 Å². The maximum absolute atomic E-state index is 13.3. The summed E-state index contributed by atoms with van der Waals surface area (Å²) in [4.78, 5) is 26.4. The van der Waals surface area contributed by atoms with Crippen LogP contribution in [0.25, 0.3) is 11.3 Å². The second kappa shape index (κ2) is 9.98. The molecular formula is C24H31N7O3. The number of methoxy groups -OCH3 is 2. The highest BCUT2D eigenvalue weighted by Crippen LogP contribution is 2.33. The van der Waals surface area contributed by atoms with Gasteiger partial charge in [0.1, 0.15) is 34.7 Å². The van der Waals surface area contributed by atoms with Crippen molar-refractivity contribution in [2.45, 2.75) is 13.8 Å². The van der Waals surface area contributed by atoms with E-state index in [1.165, 1.54) is 0 Å². The van der Waals surface area contributed by atoms with Crippen molar-refractivity contribution in [3.63, 3.8) is 0 Å². The molecule has 0 saturated carbocycles. The minimum atomic E-state index is -0.0463. The molecule has 0 aliphatic carbocycles. The largest absolute Gasteiger partial charge is 0.497 e.